The van der Waals surface area contributed by atoms with Gasteiger partial charge in [-0.1, -0.05) is 82.0 Å². The Kier molecular flexibility index (Phi) is 11.2. The van der Waals surface area contributed by atoms with Crippen LogP contribution in [0.2, 0.25) is 0 Å². The highest BCUT2D eigenvalue weighted by Crippen LogP contribution is 2.28. The summed E-state index contributed by atoms with van der Waals surface area (Å²) in [5.74, 6) is 1.63. The highest BCUT2D eigenvalue weighted by molar-refractivity contribution is 6.00. The van der Waals surface area contributed by atoms with Gasteiger partial charge in [0.1, 0.15) is 17.7 Å². The molecule has 7 heteroatoms. The predicted octanol–water partition coefficient (Wildman–Crippen LogP) is 7.07. The Morgan fingerprint density at radius 3 is 2.21 bits per heavy atom. The number of benzene rings is 3. The fourth-order valence-corrected chi connectivity index (χ4v) is 4.74. The fraction of sp³-hybridized carbons (Fsp3) is 0.400. The Hall–Kier alpha value is -4.31. The second kappa shape index (κ2) is 14.5. The molecule has 42 heavy (non-hydrogen) atoms. The highest BCUT2D eigenvalue weighted by atomic mass is 16.6. The van der Waals surface area contributed by atoms with Gasteiger partial charge in [0.15, 0.2) is 0 Å². The third-order valence-electron chi connectivity index (χ3n) is 6.86. The number of hydrogen-bond acceptors (Lipinski definition) is 4. The molecule has 3 rings (SSSR count). The van der Waals surface area contributed by atoms with E-state index in [0.29, 0.717) is 29.8 Å². The summed E-state index contributed by atoms with van der Waals surface area (Å²) in [7, 11) is 0. The SMILES string of the molecule is C#Cc1ccc(C(C(=O)Nc2ccc3ccccc3c2)N(CCCCC)C(=O)C(NC(=O)OC(C)(C)C)C(C)C)cc1. The third-order valence-corrected chi connectivity index (χ3v) is 6.86. The minimum Gasteiger partial charge on any atom is -0.444 e. The molecule has 0 bridgehead atoms. The predicted molar refractivity (Wildman–Crippen MR) is 169 cm³/mol. The second-order valence-electron chi connectivity index (χ2n) is 11.8. The number of carbonyl (C=O) groups is 3. The number of rotatable bonds is 11. The molecule has 7 nitrogen and oxygen atoms in total. The molecule has 0 fully saturated rings. The first kappa shape index (κ1) is 32.2. The van der Waals surface area contributed by atoms with Crippen molar-refractivity contribution in [2.45, 2.75) is 78.5 Å². The first-order valence-corrected chi connectivity index (χ1v) is 14.6. The molecule has 2 unspecified atom stereocenters. The lowest BCUT2D eigenvalue weighted by Gasteiger charge is -2.35. The van der Waals surface area contributed by atoms with Crippen LogP contribution in [-0.4, -0.2) is 41.0 Å². The minimum absolute atomic E-state index is 0.258. The Morgan fingerprint density at radius 1 is 0.952 bits per heavy atom. The van der Waals surface area contributed by atoms with Crippen molar-refractivity contribution in [3.05, 3.63) is 77.9 Å². The summed E-state index contributed by atoms with van der Waals surface area (Å²) in [6.45, 7) is 11.4. The Balaban J connectivity index is 2.04. The van der Waals surface area contributed by atoms with Crippen LogP contribution >= 0.6 is 0 Å². The summed E-state index contributed by atoms with van der Waals surface area (Å²) in [6.07, 6.45) is 7.42. The third kappa shape index (κ3) is 8.84. The molecule has 0 spiro atoms. The van der Waals surface area contributed by atoms with Gasteiger partial charge in [0.25, 0.3) is 5.91 Å². The average Bonchev–Trinajstić information content (AvgIpc) is 2.94. The molecule has 3 amide bonds. The second-order valence-corrected chi connectivity index (χ2v) is 11.8. The summed E-state index contributed by atoms with van der Waals surface area (Å²) >= 11 is 0. The zero-order chi connectivity index (χ0) is 30.9. The zero-order valence-electron chi connectivity index (χ0n) is 25.6. The van der Waals surface area contributed by atoms with Gasteiger partial charge in [0, 0.05) is 17.8 Å². The number of amides is 3. The lowest BCUT2D eigenvalue weighted by atomic mass is 9.97. The monoisotopic (exact) mass is 569 g/mol. The van der Waals surface area contributed by atoms with E-state index in [4.69, 9.17) is 11.2 Å². The summed E-state index contributed by atoms with van der Waals surface area (Å²) < 4.78 is 5.46. The van der Waals surface area contributed by atoms with E-state index in [0.717, 1.165) is 23.6 Å². The van der Waals surface area contributed by atoms with Gasteiger partial charge in [-0.15, -0.1) is 6.42 Å². The molecule has 0 aromatic heterocycles. The molecule has 3 aromatic carbocycles. The minimum atomic E-state index is -0.964. The number of terminal acetylenes is 1. The maximum absolute atomic E-state index is 14.3. The van der Waals surface area contributed by atoms with Gasteiger partial charge in [0.05, 0.1) is 0 Å². The van der Waals surface area contributed by atoms with Gasteiger partial charge in [-0.05, 0) is 73.7 Å². The molecule has 0 heterocycles. The molecule has 0 aliphatic carbocycles. The van der Waals surface area contributed by atoms with Gasteiger partial charge >= 0.3 is 6.09 Å². The number of nitrogens with zero attached hydrogens (tertiary/aromatic N) is 1. The van der Waals surface area contributed by atoms with Crippen molar-refractivity contribution in [3.63, 3.8) is 0 Å². The van der Waals surface area contributed by atoms with Crippen LogP contribution in [0.5, 0.6) is 0 Å². The van der Waals surface area contributed by atoms with Crippen molar-refractivity contribution in [3.8, 4) is 12.3 Å². The van der Waals surface area contributed by atoms with Crippen LogP contribution in [0.15, 0.2) is 66.7 Å². The molecule has 222 valence electrons. The molecule has 0 saturated heterocycles. The number of ether oxygens (including phenoxy) is 1. The van der Waals surface area contributed by atoms with E-state index in [2.05, 4.69) is 23.5 Å². The standard InChI is InChI=1S/C35H43N3O4/c1-8-10-13-22-38(33(40)30(24(3)4)37-34(41)42-35(5,6)7)31(27-18-16-25(9-2)17-19-27)32(39)36-29-21-20-26-14-11-12-15-28(26)23-29/h2,11-12,14-21,23-24,30-31H,8,10,13,22H2,1,3-7H3,(H,36,39)(H,37,41). The number of nitrogens with one attached hydrogen (secondary N) is 2. The number of unbranched alkanes of at least 4 members (excludes halogenated alkanes) is 2. The lowest BCUT2D eigenvalue weighted by Crippen LogP contribution is -2.54. The van der Waals surface area contributed by atoms with E-state index in [1.165, 1.54) is 0 Å². The Labute approximate surface area is 250 Å². The van der Waals surface area contributed by atoms with Crippen molar-refractivity contribution < 1.29 is 19.1 Å². The van der Waals surface area contributed by atoms with Gasteiger partial charge in [0.2, 0.25) is 5.91 Å². The summed E-state index contributed by atoms with van der Waals surface area (Å²) in [6, 6.07) is 18.8. The van der Waals surface area contributed by atoms with Crippen molar-refractivity contribution in [1.29, 1.82) is 0 Å². The molecule has 2 atom stereocenters. The quantitative estimate of drug-likeness (QED) is 0.191. The average molecular weight is 570 g/mol. The maximum atomic E-state index is 14.3. The number of hydrogen-bond donors (Lipinski definition) is 2. The first-order valence-electron chi connectivity index (χ1n) is 14.6. The van der Waals surface area contributed by atoms with Crippen LogP contribution < -0.4 is 10.6 Å². The van der Waals surface area contributed by atoms with Gasteiger partial charge in [-0.25, -0.2) is 4.79 Å². The van der Waals surface area contributed by atoms with Crippen LogP contribution in [-0.2, 0) is 14.3 Å². The highest BCUT2D eigenvalue weighted by Gasteiger charge is 2.37. The molecule has 0 aliphatic heterocycles. The van der Waals surface area contributed by atoms with Crippen LogP contribution in [0.4, 0.5) is 10.5 Å². The van der Waals surface area contributed by atoms with E-state index in [1.54, 1.807) is 49.9 Å². The smallest absolute Gasteiger partial charge is 0.408 e. The van der Waals surface area contributed by atoms with Crippen molar-refractivity contribution in [2.24, 2.45) is 5.92 Å². The zero-order valence-corrected chi connectivity index (χ0v) is 25.6. The molecule has 0 aliphatic rings. The van der Waals surface area contributed by atoms with Crippen molar-refractivity contribution >= 4 is 34.4 Å². The maximum Gasteiger partial charge on any atom is 0.408 e. The molecular formula is C35H43N3O4. The largest absolute Gasteiger partial charge is 0.444 e. The summed E-state index contributed by atoms with van der Waals surface area (Å²) in [5.41, 5.74) is 1.19. The molecule has 0 saturated carbocycles. The number of fused-ring (bicyclic) bond motifs is 1. The van der Waals surface area contributed by atoms with E-state index >= 15 is 0 Å². The van der Waals surface area contributed by atoms with E-state index in [1.807, 2.05) is 56.3 Å². The Bertz CT molecular complexity index is 1420. The lowest BCUT2D eigenvalue weighted by molar-refractivity contribution is -0.141. The van der Waals surface area contributed by atoms with Crippen molar-refractivity contribution in [2.75, 3.05) is 11.9 Å². The van der Waals surface area contributed by atoms with Crippen LogP contribution in [0.1, 0.15) is 78.0 Å². The Morgan fingerprint density at radius 2 is 1.62 bits per heavy atom. The topological polar surface area (TPSA) is 87.7 Å². The van der Waals surface area contributed by atoms with Crippen LogP contribution in [0.3, 0.4) is 0 Å². The molecule has 3 aromatic rings. The van der Waals surface area contributed by atoms with E-state index < -0.39 is 23.8 Å². The molecule has 2 N–H and O–H groups in total. The summed E-state index contributed by atoms with van der Waals surface area (Å²) in [4.78, 5) is 42.8. The summed E-state index contributed by atoms with van der Waals surface area (Å²) in [5, 5.41) is 7.85. The molecular weight excluding hydrogens is 526 g/mol. The van der Waals surface area contributed by atoms with Gasteiger partial charge < -0.3 is 20.3 Å². The van der Waals surface area contributed by atoms with Crippen LogP contribution in [0.25, 0.3) is 10.8 Å². The number of alkyl carbamates (subject to hydrolysis) is 1. The van der Waals surface area contributed by atoms with Gasteiger partial charge in [-0.2, -0.15) is 0 Å². The van der Waals surface area contributed by atoms with E-state index in [9.17, 15) is 14.4 Å². The number of anilines is 1. The van der Waals surface area contributed by atoms with E-state index in [-0.39, 0.29) is 17.7 Å². The normalized spacial score (nSPS) is 12.7. The molecule has 0 radical (unpaired) electrons. The van der Waals surface area contributed by atoms with Crippen LogP contribution in [0, 0.1) is 18.3 Å². The fourth-order valence-electron chi connectivity index (χ4n) is 4.74. The first-order chi connectivity index (χ1) is 19.9. The van der Waals surface area contributed by atoms with Crippen molar-refractivity contribution in [1.82, 2.24) is 10.2 Å². The van der Waals surface area contributed by atoms with Gasteiger partial charge in [-0.3, -0.25) is 9.59 Å². The number of carbonyl (C=O) groups excluding carboxylic acids is 3.